The summed E-state index contributed by atoms with van der Waals surface area (Å²) in [5, 5.41) is 0. The van der Waals surface area contributed by atoms with E-state index in [-0.39, 0.29) is 6.17 Å². The van der Waals surface area contributed by atoms with Crippen LogP contribution in [0.4, 0.5) is 5.69 Å². The van der Waals surface area contributed by atoms with E-state index in [2.05, 4.69) is 77.0 Å². The zero-order valence-corrected chi connectivity index (χ0v) is 18.5. The summed E-state index contributed by atoms with van der Waals surface area (Å²) in [7, 11) is 0. The molecule has 0 bridgehead atoms. The molecule has 0 aliphatic carbocycles. The molecule has 0 fully saturated rings. The van der Waals surface area contributed by atoms with Gasteiger partial charge in [0.15, 0.2) is 0 Å². The van der Waals surface area contributed by atoms with E-state index in [4.69, 9.17) is 0 Å². The lowest BCUT2D eigenvalue weighted by Crippen LogP contribution is -2.37. The fourth-order valence-corrected chi connectivity index (χ4v) is 3.60. The van der Waals surface area contributed by atoms with Crippen LogP contribution in [0.5, 0.6) is 0 Å². The van der Waals surface area contributed by atoms with Gasteiger partial charge in [0.05, 0.1) is 0 Å². The molecule has 1 aliphatic heterocycles. The molecule has 1 aromatic rings. The van der Waals surface area contributed by atoms with Crippen molar-refractivity contribution in [2.45, 2.75) is 88.7 Å². The summed E-state index contributed by atoms with van der Waals surface area (Å²) in [6.45, 7) is 27.7. The highest BCUT2D eigenvalue weighted by molar-refractivity contribution is 5.66. The van der Waals surface area contributed by atoms with Crippen LogP contribution in [-0.4, -0.2) is 11.1 Å². The summed E-state index contributed by atoms with van der Waals surface area (Å²) in [5.41, 5.74) is 9.18. The van der Waals surface area contributed by atoms with Crippen LogP contribution in [-0.2, 0) is 0 Å². The lowest BCUT2D eigenvalue weighted by molar-refractivity contribution is 0.357. The van der Waals surface area contributed by atoms with E-state index < -0.39 is 0 Å². The normalized spacial score (nSPS) is 16.2. The minimum atomic E-state index is 0.289. The van der Waals surface area contributed by atoms with Gasteiger partial charge in [-0.1, -0.05) is 58.9 Å². The second kappa shape index (κ2) is 10.3. The van der Waals surface area contributed by atoms with Gasteiger partial charge in [-0.3, -0.25) is 0 Å². The Labute approximate surface area is 157 Å². The Hall–Kier alpha value is -1.70. The van der Waals surface area contributed by atoms with Gasteiger partial charge >= 0.3 is 0 Å². The lowest BCUT2D eigenvalue weighted by atomic mass is 10.0. The number of benzene rings is 1. The van der Waals surface area contributed by atoms with Gasteiger partial charge in [0, 0.05) is 22.8 Å². The first kappa shape index (κ1) is 23.3. The molecule has 1 unspecified atom stereocenters. The average molecular weight is 345 g/mol. The SMILES string of the molecule is C=C(CC)N1C(C)=C(C)N(c2c(C)cc(C)cc2C)C1C.CC.CC. The van der Waals surface area contributed by atoms with Gasteiger partial charge in [0.1, 0.15) is 6.17 Å². The van der Waals surface area contributed by atoms with Gasteiger partial charge in [0.25, 0.3) is 0 Å². The molecule has 25 heavy (non-hydrogen) atoms. The molecule has 2 nitrogen and oxygen atoms in total. The molecule has 0 spiro atoms. The predicted molar refractivity (Wildman–Crippen MR) is 115 cm³/mol. The van der Waals surface area contributed by atoms with Gasteiger partial charge < -0.3 is 9.80 Å². The van der Waals surface area contributed by atoms with Gasteiger partial charge in [-0.15, -0.1) is 0 Å². The van der Waals surface area contributed by atoms with Crippen LogP contribution in [0.1, 0.15) is 78.5 Å². The molecule has 0 saturated carbocycles. The van der Waals surface area contributed by atoms with Crippen molar-refractivity contribution in [1.29, 1.82) is 0 Å². The van der Waals surface area contributed by atoms with E-state index in [9.17, 15) is 0 Å². The molecular formula is C23H40N2. The van der Waals surface area contributed by atoms with Crippen molar-refractivity contribution in [3.05, 3.63) is 52.5 Å². The molecule has 1 heterocycles. The summed E-state index contributed by atoms with van der Waals surface area (Å²) in [5.74, 6) is 0. The fourth-order valence-electron chi connectivity index (χ4n) is 3.60. The van der Waals surface area contributed by atoms with Gasteiger partial charge in [0.2, 0.25) is 0 Å². The van der Waals surface area contributed by atoms with Crippen LogP contribution < -0.4 is 4.90 Å². The van der Waals surface area contributed by atoms with Crippen LogP contribution in [0, 0.1) is 20.8 Å². The zero-order chi connectivity index (χ0) is 19.9. The average Bonchev–Trinajstić information content (AvgIpc) is 2.81. The summed E-state index contributed by atoms with van der Waals surface area (Å²) >= 11 is 0. The third kappa shape index (κ3) is 4.68. The Bertz CT molecular complexity index is 588. The molecular weight excluding hydrogens is 304 g/mol. The lowest BCUT2D eigenvalue weighted by Gasteiger charge is -2.34. The molecule has 0 amide bonds. The topological polar surface area (TPSA) is 6.48 Å². The highest BCUT2D eigenvalue weighted by Gasteiger charge is 2.34. The summed E-state index contributed by atoms with van der Waals surface area (Å²) < 4.78 is 0. The van der Waals surface area contributed by atoms with Crippen molar-refractivity contribution in [2.75, 3.05) is 4.90 Å². The minimum absolute atomic E-state index is 0.289. The first-order valence-electron chi connectivity index (χ1n) is 9.81. The maximum Gasteiger partial charge on any atom is 0.107 e. The van der Waals surface area contributed by atoms with Gasteiger partial charge in [-0.25, -0.2) is 0 Å². The van der Waals surface area contributed by atoms with E-state index in [0.717, 1.165) is 6.42 Å². The Kier molecular flexibility index (Phi) is 9.62. The third-order valence-corrected chi connectivity index (χ3v) is 4.62. The number of hydrogen-bond acceptors (Lipinski definition) is 2. The largest absolute Gasteiger partial charge is 0.327 e. The highest BCUT2D eigenvalue weighted by atomic mass is 15.4. The van der Waals surface area contributed by atoms with Crippen molar-refractivity contribution >= 4 is 5.69 Å². The first-order valence-corrected chi connectivity index (χ1v) is 9.81. The number of rotatable bonds is 3. The molecule has 0 N–H and O–H groups in total. The Morgan fingerprint density at radius 1 is 0.920 bits per heavy atom. The highest BCUT2D eigenvalue weighted by Crippen LogP contribution is 2.39. The standard InChI is InChI=1S/C19H28N2.2C2H6/c1-9-15(5)20-16(6)17(7)21(18(20)8)19-13(3)10-12(2)11-14(19)4;2*1-2/h10-11,18H,5,9H2,1-4,6-8H3;2*1-2H3. The molecule has 0 saturated heterocycles. The third-order valence-electron chi connectivity index (χ3n) is 4.62. The van der Waals surface area contributed by atoms with Crippen LogP contribution in [0.2, 0.25) is 0 Å². The van der Waals surface area contributed by atoms with Crippen molar-refractivity contribution in [1.82, 2.24) is 4.90 Å². The van der Waals surface area contributed by atoms with Crippen molar-refractivity contribution in [3.8, 4) is 0 Å². The van der Waals surface area contributed by atoms with E-state index in [1.54, 1.807) is 0 Å². The summed E-state index contributed by atoms with van der Waals surface area (Å²) in [4.78, 5) is 4.83. The van der Waals surface area contributed by atoms with Crippen LogP contribution in [0.3, 0.4) is 0 Å². The van der Waals surface area contributed by atoms with E-state index in [1.807, 2.05) is 27.7 Å². The van der Waals surface area contributed by atoms with Crippen LogP contribution >= 0.6 is 0 Å². The zero-order valence-electron chi connectivity index (χ0n) is 18.5. The number of hydrogen-bond donors (Lipinski definition) is 0. The summed E-state index contributed by atoms with van der Waals surface area (Å²) in [6.07, 6.45) is 1.27. The minimum Gasteiger partial charge on any atom is -0.327 e. The van der Waals surface area contributed by atoms with Crippen molar-refractivity contribution in [2.24, 2.45) is 0 Å². The predicted octanol–water partition coefficient (Wildman–Crippen LogP) is 7.31. The maximum atomic E-state index is 4.24. The van der Waals surface area contributed by atoms with E-state index >= 15 is 0 Å². The van der Waals surface area contributed by atoms with Gasteiger partial charge in [-0.05, 0) is 59.1 Å². The molecule has 0 aromatic heterocycles. The fraction of sp³-hybridized carbons (Fsp3) is 0.565. The molecule has 0 radical (unpaired) electrons. The molecule has 1 atom stereocenters. The Morgan fingerprint density at radius 2 is 1.36 bits per heavy atom. The van der Waals surface area contributed by atoms with Crippen molar-refractivity contribution in [3.63, 3.8) is 0 Å². The first-order chi connectivity index (χ1) is 11.8. The van der Waals surface area contributed by atoms with Crippen molar-refractivity contribution < 1.29 is 0 Å². The Balaban J connectivity index is 0.00000134. The molecule has 142 valence electrons. The molecule has 1 aliphatic rings. The van der Waals surface area contributed by atoms with E-state index in [1.165, 1.54) is 39.5 Å². The molecule has 1 aromatic carbocycles. The Morgan fingerprint density at radius 3 is 1.76 bits per heavy atom. The summed E-state index contributed by atoms with van der Waals surface area (Å²) in [6, 6.07) is 4.55. The number of allylic oxidation sites excluding steroid dienone is 3. The second-order valence-corrected chi connectivity index (χ2v) is 6.21. The molecule has 2 heteroatoms. The van der Waals surface area contributed by atoms with Gasteiger partial charge in [-0.2, -0.15) is 0 Å². The quantitative estimate of drug-likeness (QED) is 0.567. The maximum absolute atomic E-state index is 4.24. The van der Waals surface area contributed by atoms with Crippen LogP contribution in [0.15, 0.2) is 35.8 Å². The number of nitrogens with zero attached hydrogens (tertiary/aromatic N) is 2. The van der Waals surface area contributed by atoms with Crippen LogP contribution in [0.25, 0.3) is 0 Å². The molecule has 2 rings (SSSR count). The number of aryl methyl sites for hydroxylation is 3. The second-order valence-electron chi connectivity index (χ2n) is 6.21. The number of anilines is 1. The smallest absolute Gasteiger partial charge is 0.107 e. The van der Waals surface area contributed by atoms with E-state index in [0.29, 0.717) is 0 Å². The monoisotopic (exact) mass is 344 g/mol.